The van der Waals surface area contributed by atoms with Gasteiger partial charge in [0.25, 0.3) is 0 Å². The minimum Gasteiger partial charge on any atom is -0.354 e. The zero-order chi connectivity index (χ0) is 9.14. The van der Waals surface area contributed by atoms with Crippen LogP contribution < -0.4 is 0 Å². The van der Waals surface area contributed by atoms with Gasteiger partial charge in [-0.3, -0.25) is 0 Å². The van der Waals surface area contributed by atoms with Gasteiger partial charge in [0.1, 0.15) is 0 Å². The summed E-state index contributed by atoms with van der Waals surface area (Å²) in [6.07, 6.45) is 6.08. The predicted molar refractivity (Wildman–Crippen MR) is 54.0 cm³/mol. The highest BCUT2D eigenvalue weighted by atomic mass is 14.9. The van der Waals surface area contributed by atoms with Gasteiger partial charge in [-0.2, -0.15) is 0 Å². The van der Waals surface area contributed by atoms with E-state index in [2.05, 4.69) is 50.4 Å². The van der Waals surface area contributed by atoms with Gasteiger partial charge >= 0.3 is 0 Å². The molecule has 0 aliphatic heterocycles. The van der Waals surface area contributed by atoms with E-state index in [9.17, 15) is 0 Å². The Kier molecular flexibility index (Phi) is 2.54. The maximum Gasteiger partial charge on any atom is 0.0213 e. The second kappa shape index (κ2) is 3.44. The average molecular weight is 161 g/mol. The number of hydrogen-bond acceptors (Lipinski definition) is 0. The monoisotopic (exact) mass is 161 g/mol. The molecule has 0 atom stereocenters. The highest BCUT2D eigenvalue weighted by Crippen LogP contribution is 2.12. The molecule has 0 N–H and O–H groups in total. The quantitative estimate of drug-likeness (QED) is 0.588. The molecule has 64 valence electrons. The van der Waals surface area contributed by atoms with Crippen LogP contribution in [0.5, 0.6) is 0 Å². The first-order valence-electron chi connectivity index (χ1n) is 4.08. The van der Waals surface area contributed by atoms with Crippen molar-refractivity contribution in [2.45, 2.75) is 13.8 Å². The molecule has 12 heavy (non-hydrogen) atoms. The maximum absolute atomic E-state index is 3.72. The zero-order valence-electron chi connectivity index (χ0n) is 7.96. The molecule has 0 radical (unpaired) electrons. The number of aromatic nitrogens is 1. The first kappa shape index (κ1) is 8.85. The fourth-order valence-electron chi connectivity index (χ4n) is 1.08. The Morgan fingerprint density at radius 1 is 1.58 bits per heavy atom. The summed E-state index contributed by atoms with van der Waals surface area (Å²) in [6.45, 7) is 7.89. The van der Waals surface area contributed by atoms with Crippen LogP contribution in [-0.2, 0) is 7.05 Å². The molecule has 0 saturated carbocycles. The van der Waals surface area contributed by atoms with Crippen LogP contribution in [0, 0.1) is 6.92 Å². The molecule has 0 saturated heterocycles. The van der Waals surface area contributed by atoms with Gasteiger partial charge in [-0.25, -0.2) is 0 Å². The third kappa shape index (κ3) is 1.67. The van der Waals surface area contributed by atoms with E-state index in [0.29, 0.717) is 0 Å². The van der Waals surface area contributed by atoms with Crippen LogP contribution in [0.3, 0.4) is 0 Å². The molecule has 0 aliphatic rings. The molecule has 1 rings (SSSR count). The largest absolute Gasteiger partial charge is 0.354 e. The van der Waals surface area contributed by atoms with E-state index >= 15 is 0 Å². The molecule has 1 aromatic rings. The molecule has 1 nitrogen and oxygen atoms in total. The lowest BCUT2D eigenvalue weighted by molar-refractivity contribution is 0.881. The minimum absolute atomic E-state index is 1.20. The van der Waals surface area contributed by atoms with Crippen molar-refractivity contribution in [2.75, 3.05) is 0 Å². The Morgan fingerprint density at radius 3 is 2.67 bits per heavy atom. The Morgan fingerprint density at radius 2 is 2.25 bits per heavy atom. The summed E-state index contributed by atoms with van der Waals surface area (Å²) in [5.74, 6) is 0. The van der Waals surface area contributed by atoms with Crippen molar-refractivity contribution >= 4 is 6.08 Å². The van der Waals surface area contributed by atoms with Gasteiger partial charge in [0.15, 0.2) is 0 Å². The Balaban J connectivity index is 3.04. The highest BCUT2D eigenvalue weighted by molar-refractivity contribution is 5.57. The molecule has 0 unspecified atom stereocenters. The van der Waals surface area contributed by atoms with Gasteiger partial charge in [0.2, 0.25) is 0 Å². The molecule has 0 amide bonds. The highest BCUT2D eigenvalue weighted by Gasteiger charge is 1.97. The van der Waals surface area contributed by atoms with Crippen LogP contribution in [0.2, 0.25) is 0 Å². The van der Waals surface area contributed by atoms with Gasteiger partial charge in [0, 0.05) is 18.9 Å². The molecule has 1 aromatic heterocycles. The summed E-state index contributed by atoms with van der Waals surface area (Å²) in [5.41, 5.74) is 3.76. The van der Waals surface area contributed by atoms with Gasteiger partial charge < -0.3 is 4.57 Å². The van der Waals surface area contributed by atoms with E-state index in [0.717, 1.165) is 0 Å². The van der Waals surface area contributed by atoms with Crippen molar-refractivity contribution in [2.24, 2.45) is 7.05 Å². The van der Waals surface area contributed by atoms with Crippen LogP contribution in [0.15, 0.2) is 30.5 Å². The van der Waals surface area contributed by atoms with E-state index in [1.54, 1.807) is 0 Å². The summed E-state index contributed by atoms with van der Waals surface area (Å²) in [7, 11) is 2.05. The van der Waals surface area contributed by atoms with Crippen molar-refractivity contribution < 1.29 is 0 Å². The molecular formula is C11H15N. The SMILES string of the molecule is C=C/C(C)=C\c1ccn(C)c1C. The number of aryl methyl sites for hydroxylation is 1. The van der Waals surface area contributed by atoms with Gasteiger partial charge in [-0.15, -0.1) is 0 Å². The smallest absolute Gasteiger partial charge is 0.0213 e. The van der Waals surface area contributed by atoms with Crippen LogP contribution in [-0.4, -0.2) is 4.57 Å². The standard InChI is InChI=1S/C11H15N/c1-5-9(2)8-11-6-7-12(4)10(11)3/h5-8H,1H2,2-4H3/b9-8-. The molecule has 0 fully saturated rings. The summed E-state index contributed by atoms with van der Waals surface area (Å²) >= 11 is 0. The van der Waals surface area contributed by atoms with E-state index in [-0.39, 0.29) is 0 Å². The molecule has 0 spiro atoms. The minimum atomic E-state index is 1.20. The van der Waals surface area contributed by atoms with E-state index in [1.165, 1.54) is 16.8 Å². The van der Waals surface area contributed by atoms with Crippen LogP contribution in [0.25, 0.3) is 6.08 Å². The predicted octanol–water partition coefficient (Wildman–Crippen LogP) is 2.92. The lowest BCUT2D eigenvalue weighted by Gasteiger charge is -1.97. The molecule has 0 aromatic carbocycles. The summed E-state index contributed by atoms with van der Waals surface area (Å²) in [4.78, 5) is 0. The summed E-state index contributed by atoms with van der Waals surface area (Å²) < 4.78 is 2.11. The van der Waals surface area contributed by atoms with E-state index in [1.807, 2.05) is 6.08 Å². The molecule has 0 aliphatic carbocycles. The molecule has 0 bridgehead atoms. The Labute approximate surface area is 74.0 Å². The average Bonchev–Trinajstić information content (AvgIpc) is 2.36. The van der Waals surface area contributed by atoms with Gasteiger partial charge in [-0.1, -0.05) is 24.3 Å². The second-order valence-corrected chi connectivity index (χ2v) is 3.06. The van der Waals surface area contributed by atoms with Crippen LogP contribution >= 0.6 is 0 Å². The van der Waals surface area contributed by atoms with Crippen molar-refractivity contribution in [3.05, 3.63) is 41.7 Å². The molecule has 1 heteroatoms. The fraction of sp³-hybridized carbons (Fsp3) is 0.273. The summed E-state index contributed by atoms with van der Waals surface area (Å²) in [6, 6.07) is 2.11. The molecule has 1 heterocycles. The van der Waals surface area contributed by atoms with Gasteiger partial charge in [-0.05, 0) is 25.5 Å². The number of rotatable bonds is 2. The van der Waals surface area contributed by atoms with Crippen LogP contribution in [0.4, 0.5) is 0 Å². The Bertz CT molecular complexity index is 316. The molecular weight excluding hydrogens is 146 g/mol. The van der Waals surface area contributed by atoms with Crippen LogP contribution in [0.1, 0.15) is 18.2 Å². The topological polar surface area (TPSA) is 4.93 Å². The lowest BCUT2D eigenvalue weighted by atomic mass is 10.2. The van der Waals surface area contributed by atoms with Gasteiger partial charge in [0.05, 0.1) is 0 Å². The lowest BCUT2D eigenvalue weighted by Crippen LogP contribution is -1.88. The van der Waals surface area contributed by atoms with Crippen molar-refractivity contribution in [3.8, 4) is 0 Å². The fourth-order valence-corrected chi connectivity index (χ4v) is 1.08. The third-order valence-electron chi connectivity index (χ3n) is 2.13. The van der Waals surface area contributed by atoms with Crippen molar-refractivity contribution in [3.63, 3.8) is 0 Å². The van der Waals surface area contributed by atoms with E-state index < -0.39 is 0 Å². The van der Waals surface area contributed by atoms with Crippen molar-refractivity contribution in [1.29, 1.82) is 0 Å². The van der Waals surface area contributed by atoms with E-state index in [4.69, 9.17) is 0 Å². The third-order valence-corrected chi connectivity index (χ3v) is 2.13. The number of nitrogens with zero attached hydrogens (tertiary/aromatic N) is 1. The number of hydrogen-bond donors (Lipinski definition) is 0. The number of allylic oxidation sites excluding steroid dienone is 2. The zero-order valence-corrected chi connectivity index (χ0v) is 7.96. The normalized spacial score (nSPS) is 11.8. The maximum atomic E-state index is 3.72. The Hall–Kier alpha value is -1.24. The summed E-state index contributed by atoms with van der Waals surface area (Å²) in [5, 5.41) is 0. The first-order chi connectivity index (χ1) is 5.65. The second-order valence-electron chi connectivity index (χ2n) is 3.06. The van der Waals surface area contributed by atoms with Crippen molar-refractivity contribution in [1.82, 2.24) is 4.57 Å². The first-order valence-corrected chi connectivity index (χ1v) is 4.08.